The first-order valence-electron chi connectivity index (χ1n) is 20.2. The predicted octanol–water partition coefficient (Wildman–Crippen LogP) is 3.19. The Hall–Kier alpha value is -5.27. The summed E-state index contributed by atoms with van der Waals surface area (Å²) in [6.07, 6.45) is 6.38. The molecule has 2 aromatic carbocycles. The van der Waals surface area contributed by atoms with Gasteiger partial charge in [0, 0.05) is 38.8 Å². The normalized spacial score (nSPS) is 22.8. The summed E-state index contributed by atoms with van der Waals surface area (Å²) in [6, 6.07) is 14.0. The van der Waals surface area contributed by atoms with E-state index in [-0.39, 0.29) is 62.2 Å². The van der Waals surface area contributed by atoms with Crippen LogP contribution in [0.5, 0.6) is 5.75 Å². The number of fused-ring (bicyclic) bond motifs is 14. The Morgan fingerprint density at radius 3 is 2.43 bits per heavy atom. The van der Waals surface area contributed by atoms with Gasteiger partial charge in [-0.1, -0.05) is 56.3 Å². The number of ether oxygens (including phenoxy) is 1. The fourth-order valence-corrected chi connectivity index (χ4v) is 7.29. The van der Waals surface area contributed by atoms with E-state index >= 15 is 0 Å². The molecule has 7 rings (SSSR count). The molecule has 14 heteroatoms. The van der Waals surface area contributed by atoms with Crippen molar-refractivity contribution in [2.75, 3.05) is 19.7 Å². The van der Waals surface area contributed by atoms with Crippen LogP contribution < -0.4 is 26.0 Å². The molecule has 1 aliphatic carbocycles. The maximum Gasteiger partial charge on any atom is 0.243 e. The quantitative estimate of drug-likeness (QED) is 0.243. The second kappa shape index (κ2) is 19.1. The van der Waals surface area contributed by atoms with Gasteiger partial charge in [-0.05, 0) is 80.5 Å². The lowest BCUT2D eigenvalue weighted by atomic mass is 10.0. The molecule has 4 heterocycles. The van der Waals surface area contributed by atoms with Crippen LogP contribution in [0, 0.1) is 11.8 Å². The summed E-state index contributed by atoms with van der Waals surface area (Å²) in [7, 11) is 0. The van der Waals surface area contributed by atoms with Gasteiger partial charge >= 0.3 is 0 Å². The summed E-state index contributed by atoms with van der Waals surface area (Å²) in [6.45, 7) is 6.81. The number of amides is 5. The average Bonchev–Trinajstić information content (AvgIpc) is 3.90. The van der Waals surface area contributed by atoms with Crippen LogP contribution >= 0.6 is 0 Å². The highest BCUT2D eigenvalue weighted by Gasteiger charge is 2.31. The molecule has 3 aliphatic heterocycles. The van der Waals surface area contributed by atoms with Crippen LogP contribution in [0.2, 0.25) is 0 Å². The van der Waals surface area contributed by atoms with Crippen molar-refractivity contribution in [3.63, 3.8) is 0 Å². The van der Waals surface area contributed by atoms with E-state index < -0.39 is 29.9 Å². The molecule has 2 bridgehead atoms. The van der Waals surface area contributed by atoms with Crippen molar-refractivity contribution >= 4 is 29.5 Å². The van der Waals surface area contributed by atoms with Crippen LogP contribution in [0.3, 0.4) is 0 Å². The zero-order valence-corrected chi connectivity index (χ0v) is 32.8. The van der Waals surface area contributed by atoms with E-state index in [9.17, 15) is 24.0 Å². The standard InChI is InChI=1S/C42H56N8O6/c1-27(2)21-32-26-56-33-16-14-30(15-17-33)23-35(45-37(51)18-20-49-19-8-7-11-39(49)53)42(55)43-28(3)41(54)46-34(22-29-9-5-4-6-10-29)40-47-36(24-31-12-13-31)48-50(40)25-38(52)44-32/h4-6,9-10,14-17,27-28,31-32,34-35H,7-8,11-13,18-26H2,1-3H3,(H,43,55)(H,44,52)(H,45,51)(H,46,54)/t28-,32+,34-,35+/m1/s1. The van der Waals surface area contributed by atoms with Gasteiger partial charge in [0.15, 0.2) is 11.6 Å². The Labute approximate surface area is 328 Å². The summed E-state index contributed by atoms with van der Waals surface area (Å²) >= 11 is 0. The lowest BCUT2D eigenvalue weighted by Crippen LogP contribution is -2.54. The lowest BCUT2D eigenvalue weighted by Gasteiger charge is -2.27. The van der Waals surface area contributed by atoms with Crippen molar-refractivity contribution in [1.82, 2.24) is 40.9 Å². The molecule has 0 unspecified atom stereocenters. The zero-order chi connectivity index (χ0) is 39.6. The molecule has 0 spiro atoms. The Morgan fingerprint density at radius 2 is 1.71 bits per heavy atom. The number of nitrogens with zero attached hydrogens (tertiary/aromatic N) is 4. The van der Waals surface area contributed by atoms with Gasteiger partial charge in [0.25, 0.3) is 0 Å². The second-order valence-electron chi connectivity index (χ2n) is 15.9. The van der Waals surface area contributed by atoms with Crippen LogP contribution in [0.25, 0.3) is 0 Å². The van der Waals surface area contributed by atoms with Crippen LogP contribution in [0.1, 0.15) is 94.5 Å². The molecule has 5 amide bonds. The van der Waals surface area contributed by atoms with Crippen molar-refractivity contribution < 1.29 is 28.7 Å². The summed E-state index contributed by atoms with van der Waals surface area (Å²) in [5, 5.41) is 16.8. The van der Waals surface area contributed by atoms with Gasteiger partial charge in [0.2, 0.25) is 29.5 Å². The van der Waals surface area contributed by atoms with Gasteiger partial charge in [-0.15, -0.1) is 0 Å². The van der Waals surface area contributed by atoms with Gasteiger partial charge in [-0.3, -0.25) is 24.0 Å². The number of benzene rings is 2. The third-order valence-electron chi connectivity index (χ3n) is 10.5. The highest BCUT2D eigenvalue weighted by molar-refractivity contribution is 5.92. The number of carbonyl (C=O) groups excluding carboxylic acids is 5. The minimum Gasteiger partial charge on any atom is -0.491 e. The first-order valence-corrected chi connectivity index (χ1v) is 20.2. The number of hydrogen-bond donors (Lipinski definition) is 4. The number of piperidine rings is 1. The number of likely N-dealkylation sites (tertiary alicyclic amines) is 1. The molecule has 1 saturated carbocycles. The van der Waals surface area contributed by atoms with Crippen LogP contribution in [0.15, 0.2) is 54.6 Å². The Bertz CT molecular complexity index is 1830. The van der Waals surface area contributed by atoms with Crippen molar-refractivity contribution in [1.29, 1.82) is 0 Å². The van der Waals surface area contributed by atoms with Crippen LogP contribution in [0.4, 0.5) is 0 Å². The number of nitrogens with one attached hydrogen (secondary N) is 4. The van der Waals surface area contributed by atoms with E-state index in [2.05, 4.69) is 35.1 Å². The number of carbonyl (C=O) groups is 5. The molecule has 300 valence electrons. The molecule has 2 fully saturated rings. The molecule has 3 aromatic rings. The molecule has 4 aliphatic rings. The maximum absolute atomic E-state index is 14.0. The molecule has 4 atom stereocenters. The largest absolute Gasteiger partial charge is 0.491 e. The van der Waals surface area contributed by atoms with E-state index in [1.807, 2.05) is 42.5 Å². The average molecular weight is 769 g/mol. The van der Waals surface area contributed by atoms with E-state index in [0.717, 1.165) is 36.8 Å². The molecule has 14 nitrogen and oxygen atoms in total. The minimum atomic E-state index is -0.994. The smallest absolute Gasteiger partial charge is 0.243 e. The summed E-state index contributed by atoms with van der Waals surface area (Å²) in [5.41, 5.74) is 1.72. The fraction of sp³-hybridized carbons (Fsp3) is 0.548. The minimum absolute atomic E-state index is 0.0346. The van der Waals surface area contributed by atoms with Crippen LogP contribution in [-0.2, 0) is 49.8 Å². The first-order chi connectivity index (χ1) is 27.0. The molecule has 56 heavy (non-hydrogen) atoms. The second-order valence-corrected chi connectivity index (χ2v) is 15.9. The highest BCUT2D eigenvalue weighted by Crippen LogP contribution is 2.32. The van der Waals surface area contributed by atoms with Gasteiger partial charge < -0.3 is 30.9 Å². The van der Waals surface area contributed by atoms with Crippen molar-refractivity contribution in [3.05, 3.63) is 77.4 Å². The number of hydrogen-bond acceptors (Lipinski definition) is 8. The molecule has 1 saturated heterocycles. The molecule has 4 N–H and O–H groups in total. The zero-order valence-electron chi connectivity index (χ0n) is 32.8. The maximum atomic E-state index is 14.0. The Balaban J connectivity index is 1.28. The van der Waals surface area contributed by atoms with Crippen LogP contribution in [-0.4, -0.2) is 87.0 Å². The van der Waals surface area contributed by atoms with Crippen molar-refractivity contribution in [2.24, 2.45) is 11.8 Å². The number of aromatic nitrogens is 3. The third kappa shape index (κ3) is 11.9. The predicted molar refractivity (Wildman–Crippen MR) is 209 cm³/mol. The van der Waals surface area contributed by atoms with E-state index in [4.69, 9.17) is 14.8 Å². The fourth-order valence-electron chi connectivity index (χ4n) is 7.29. The van der Waals surface area contributed by atoms with Crippen molar-refractivity contribution in [3.8, 4) is 5.75 Å². The number of rotatable bonds is 10. The van der Waals surface area contributed by atoms with E-state index in [1.165, 1.54) is 0 Å². The van der Waals surface area contributed by atoms with Gasteiger partial charge in [0.1, 0.15) is 31.0 Å². The lowest BCUT2D eigenvalue weighted by molar-refractivity contribution is -0.134. The van der Waals surface area contributed by atoms with Crippen molar-refractivity contribution in [2.45, 2.75) is 116 Å². The summed E-state index contributed by atoms with van der Waals surface area (Å²) in [4.78, 5) is 73.8. The van der Waals surface area contributed by atoms with Gasteiger partial charge in [0.05, 0.1) is 12.1 Å². The molecule has 1 aromatic heterocycles. The summed E-state index contributed by atoms with van der Waals surface area (Å²) in [5.74, 6) is 0.907. The van der Waals surface area contributed by atoms with Gasteiger partial charge in [-0.25, -0.2) is 9.67 Å². The highest BCUT2D eigenvalue weighted by atomic mass is 16.5. The third-order valence-corrected chi connectivity index (χ3v) is 10.5. The first kappa shape index (κ1) is 40.4. The summed E-state index contributed by atoms with van der Waals surface area (Å²) < 4.78 is 7.76. The Kier molecular flexibility index (Phi) is 13.7. The van der Waals surface area contributed by atoms with E-state index in [1.54, 1.807) is 28.6 Å². The molecule has 0 radical (unpaired) electrons. The van der Waals surface area contributed by atoms with E-state index in [0.29, 0.717) is 55.5 Å². The molecular formula is C42H56N8O6. The Morgan fingerprint density at radius 1 is 0.946 bits per heavy atom. The van der Waals surface area contributed by atoms with Gasteiger partial charge in [-0.2, -0.15) is 5.10 Å². The topological polar surface area (TPSA) is 177 Å². The molecular weight excluding hydrogens is 713 g/mol. The monoisotopic (exact) mass is 768 g/mol. The SMILES string of the molecule is CC(C)C[C@H]1COc2ccc(cc2)C[C@H](NC(=O)CCN2CCCCC2=O)C(=O)N[C@H](C)C(=O)N[C@H](Cc2ccccc2)c2nc(CC3CC3)nn2CC(=O)N1.